The second kappa shape index (κ2) is 9.40. The van der Waals surface area contributed by atoms with E-state index in [4.69, 9.17) is 9.72 Å². The Labute approximate surface area is 191 Å². The van der Waals surface area contributed by atoms with Gasteiger partial charge < -0.3 is 9.30 Å². The van der Waals surface area contributed by atoms with E-state index in [2.05, 4.69) is 6.92 Å². The number of amides is 1. The van der Waals surface area contributed by atoms with Gasteiger partial charge in [-0.25, -0.2) is 4.98 Å². The average molecular weight is 450 g/mol. The van der Waals surface area contributed by atoms with Gasteiger partial charge in [0.2, 0.25) is 11.9 Å². The van der Waals surface area contributed by atoms with Crippen LogP contribution in [0, 0.1) is 16.0 Å². The summed E-state index contributed by atoms with van der Waals surface area (Å²) in [5, 5.41) is 11.2. The lowest BCUT2D eigenvalue weighted by atomic mass is 9.89. The number of nitro benzene ring substituents is 1. The number of para-hydroxylation sites is 2. The molecule has 0 fully saturated rings. The highest BCUT2D eigenvalue weighted by Gasteiger charge is 2.47. The number of aromatic nitrogens is 2. The van der Waals surface area contributed by atoms with E-state index in [0.29, 0.717) is 23.6 Å². The Kier molecular flexibility index (Phi) is 6.39. The number of benzene rings is 2. The highest BCUT2D eigenvalue weighted by molar-refractivity contribution is 6.08. The summed E-state index contributed by atoms with van der Waals surface area (Å²) in [4.78, 5) is 43.8. The number of imidazole rings is 1. The Hall–Kier alpha value is -3.75. The van der Waals surface area contributed by atoms with Crippen molar-refractivity contribution in [2.45, 2.75) is 39.2 Å². The Morgan fingerprint density at radius 1 is 1.12 bits per heavy atom. The maximum Gasteiger partial charge on any atom is 0.321 e. The van der Waals surface area contributed by atoms with Crippen LogP contribution in [0.2, 0.25) is 0 Å². The fraction of sp³-hybridized carbons (Fsp3) is 0.375. The molecule has 2 atom stereocenters. The van der Waals surface area contributed by atoms with Crippen molar-refractivity contribution in [2.24, 2.45) is 5.92 Å². The zero-order chi connectivity index (χ0) is 23.5. The predicted octanol–water partition coefficient (Wildman–Crippen LogP) is 4.25. The monoisotopic (exact) mass is 450 g/mol. The summed E-state index contributed by atoms with van der Waals surface area (Å²) in [6.07, 6.45) is 2.72. The first-order chi connectivity index (χ1) is 16.0. The summed E-state index contributed by atoms with van der Waals surface area (Å²) in [6.45, 7) is 4.37. The number of hydrogen-bond acceptors (Lipinski definition) is 6. The van der Waals surface area contributed by atoms with Crippen LogP contribution in [0.3, 0.4) is 0 Å². The van der Waals surface area contributed by atoms with Crippen LogP contribution in [0.5, 0.6) is 0 Å². The van der Waals surface area contributed by atoms with E-state index in [9.17, 15) is 19.7 Å². The fourth-order valence-corrected chi connectivity index (χ4v) is 4.37. The van der Waals surface area contributed by atoms with Crippen LogP contribution in [0.4, 0.5) is 11.6 Å². The fourth-order valence-electron chi connectivity index (χ4n) is 4.37. The van der Waals surface area contributed by atoms with Gasteiger partial charge in [0, 0.05) is 18.7 Å². The topological polar surface area (TPSA) is 108 Å². The third kappa shape index (κ3) is 4.06. The molecular formula is C24H26N4O5. The standard InChI is InChI=1S/C24H26N4O5/c1-3-5-8-15-26-22(29)20(23(30)33-4-2)21(16-11-13-17(14-12-16)28(31)32)27-19-10-7-6-9-18(19)25-24(26)27/h6-7,9-14,20-21H,3-5,8,15H2,1-2H3/t20-,21+/m0/s1. The van der Waals surface area contributed by atoms with Gasteiger partial charge in [0.15, 0.2) is 5.92 Å². The highest BCUT2D eigenvalue weighted by Crippen LogP contribution is 2.41. The largest absolute Gasteiger partial charge is 0.465 e. The van der Waals surface area contributed by atoms with Crippen LogP contribution in [-0.2, 0) is 14.3 Å². The number of carbonyl (C=O) groups excluding carboxylic acids is 2. The molecule has 172 valence electrons. The van der Waals surface area contributed by atoms with Gasteiger partial charge in [0.05, 0.1) is 28.6 Å². The highest BCUT2D eigenvalue weighted by atomic mass is 16.6. The molecule has 2 heterocycles. The average Bonchev–Trinajstić information content (AvgIpc) is 3.19. The number of hydrogen-bond donors (Lipinski definition) is 0. The van der Waals surface area contributed by atoms with Crippen molar-refractivity contribution in [1.82, 2.24) is 9.55 Å². The van der Waals surface area contributed by atoms with Crippen LogP contribution in [0.15, 0.2) is 48.5 Å². The first-order valence-corrected chi connectivity index (χ1v) is 11.2. The van der Waals surface area contributed by atoms with Crippen molar-refractivity contribution >= 4 is 34.5 Å². The van der Waals surface area contributed by atoms with Gasteiger partial charge in [-0.3, -0.25) is 24.6 Å². The summed E-state index contributed by atoms with van der Waals surface area (Å²) in [5.41, 5.74) is 2.02. The molecule has 0 saturated heterocycles. The molecule has 33 heavy (non-hydrogen) atoms. The van der Waals surface area contributed by atoms with E-state index in [1.807, 2.05) is 28.8 Å². The third-order valence-corrected chi connectivity index (χ3v) is 5.92. The van der Waals surface area contributed by atoms with Gasteiger partial charge in [-0.15, -0.1) is 0 Å². The zero-order valence-corrected chi connectivity index (χ0v) is 18.6. The number of esters is 1. The van der Waals surface area contributed by atoms with Crippen molar-refractivity contribution in [3.63, 3.8) is 0 Å². The molecule has 0 saturated carbocycles. The lowest BCUT2D eigenvalue weighted by Crippen LogP contribution is -2.50. The molecule has 9 heteroatoms. The molecule has 0 aliphatic carbocycles. The SMILES string of the molecule is CCCCCN1C(=O)[C@@H](C(=O)OCC)[C@@H](c2ccc([N+](=O)[O-])cc2)n2c1nc1ccccc12. The minimum atomic E-state index is -1.13. The minimum absolute atomic E-state index is 0.0644. The predicted molar refractivity (Wildman–Crippen MR) is 123 cm³/mol. The van der Waals surface area contributed by atoms with Crippen LogP contribution in [0.25, 0.3) is 11.0 Å². The van der Waals surface area contributed by atoms with Crippen molar-refractivity contribution in [3.05, 3.63) is 64.2 Å². The molecule has 0 N–H and O–H groups in total. The first kappa shape index (κ1) is 22.4. The molecule has 0 spiro atoms. The van der Waals surface area contributed by atoms with E-state index in [0.717, 1.165) is 24.8 Å². The Morgan fingerprint density at radius 2 is 1.85 bits per heavy atom. The number of anilines is 1. The molecule has 3 aromatic rings. The van der Waals surface area contributed by atoms with E-state index in [1.54, 1.807) is 24.0 Å². The lowest BCUT2D eigenvalue weighted by molar-refractivity contribution is -0.384. The van der Waals surface area contributed by atoms with Gasteiger partial charge in [0.25, 0.3) is 5.69 Å². The molecule has 0 unspecified atom stereocenters. The van der Waals surface area contributed by atoms with Crippen molar-refractivity contribution in [1.29, 1.82) is 0 Å². The molecule has 1 aliphatic rings. The first-order valence-electron chi connectivity index (χ1n) is 11.2. The van der Waals surface area contributed by atoms with Crippen LogP contribution >= 0.6 is 0 Å². The molecule has 0 radical (unpaired) electrons. The second-order valence-corrected chi connectivity index (χ2v) is 7.99. The summed E-state index contributed by atoms with van der Waals surface area (Å²) in [7, 11) is 0. The number of rotatable bonds is 8. The van der Waals surface area contributed by atoms with Crippen LogP contribution in [-0.4, -0.2) is 39.5 Å². The maximum absolute atomic E-state index is 13.7. The van der Waals surface area contributed by atoms with Crippen LogP contribution < -0.4 is 4.90 Å². The summed E-state index contributed by atoms with van der Waals surface area (Å²) < 4.78 is 7.21. The molecule has 0 bridgehead atoms. The number of unbranched alkanes of at least 4 members (excludes halogenated alkanes) is 2. The molecule has 4 rings (SSSR count). The molecule has 1 aliphatic heterocycles. The molecular weight excluding hydrogens is 424 g/mol. The summed E-state index contributed by atoms with van der Waals surface area (Å²) in [5.74, 6) is -1.63. The van der Waals surface area contributed by atoms with E-state index in [1.165, 1.54) is 12.1 Å². The summed E-state index contributed by atoms with van der Waals surface area (Å²) >= 11 is 0. The van der Waals surface area contributed by atoms with Crippen LogP contribution in [0.1, 0.15) is 44.7 Å². The summed E-state index contributed by atoms with van der Waals surface area (Å²) in [6, 6.07) is 12.7. The van der Waals surface area contributed by atoms with E-state index < -0.39 is 22.9 Å². The molecule has 2 aromatic carbocycles. The van der Waals surface area contributed by atoms with Crippen molar-refractivity contribution in [3.8, 4) is 0 Å². The quantitative estimate of drug-likeness (QED) is 0.167. The van der Waals surface area contributed by atoms with Gasteiger partial charge >= 0.3 is 5.97 Å². The number of ether oxygens (including phenoxy) is 1. The Morgan fingerprint density at radius 3 is 2.52 bits per heavy atom. The van der Waals surface area contributed by atoms with Gasteiger partial charge in [-0.2, -0.15) is 0 Å². The lowest BCUT2D eigenvalue weighted by Gasteiger charge is -2.38. The maximum atomic E-state index is 13.7. The van der Waals surface area contributed by atoms with Crippen molar-refractivity contribution < 1.29 is 19.2 Å². The Bertz CT molecular complexity index is 1190. The minimum Gasteiger partial charge on any atom is -0.465 e. The number of non-ortho nitro benzene ring substituents is 1. The van der Waals surface area contributed by atoms with Gasteiger partial charge in [0.1, 0.15) is 0 Å². The van der Waals surface area contributed by atoms with E-state index >= 15 is 0 Å². The Balaban J connectivity index is 1.92. The van der Waals surface area contributed by atoms with Crippen molar-refractivity contribution in [2.75, 3.05) is 18.1 Å². The normalized spacial score (nSPS) is 17.8. The number of fused-ring (bicyclic) bond motifs is 3. The second-order valence-electron chi connectivity index (χ2n) is 7.99. The smallest absolute Gasteiger partial charge is 0.321 e. The van der Waals surface area contributed by atoms with Gasteiger partial charge in [-0.1, -0.05) is 44.0 Å². The van der Waals surface area contributed by atoms with Gasteiger partial charge in [-0.05, 0) is 31.0 Å². The van der Waals surface area contributed by atoms with E-state index in [-0.39, 0.29) is 18.2 Å². The number of nitro groups is 1. The third-order valence-electron chi connectivity index (χ3n) is 5.92. The molecule has 1 amide bonds. The number of nitrogens with zero attached hydrogens (tertiary/aromatic N) is 4. The zero-order valence-electron chi connectivity index (χ0n) is 18.6. The molecule has 1 aromatic heterocycles. The molecule has 9 nitrogen and oxygen atoms in total. The number of carbonyl (C=O) groups is 2.